The van der Waals surface area contributed by atoms with Gasteiger partial charge in [0.15, 0.2) is 0 Å². The van der Waals surface area contributed by atoms with Crippen LogP contribution < -0.4 is 15.4 Å². The van der Waals surface area contributed by atoms with Gasteiger partial charge in [-0.15, -0.1) is 0 Å². The van der Waals surface area contributed by atoms with Crippen LogP contribution in [0.4, 0.5) is 9.59 Å². The zero-order valence-electron chi connectivity index (χ0n) is 34.8. The number of alkyl carbamates (subject to hydrolysis) is 2. The van der Waals surface area contributed by atoms with E-state index in [4.69, 9.17) is 24.2 Å². The van der Waals surface area contributed by atoms with E-state index in [-0.39, 0.29) is 41.8 Å². The fourth-order valence-electron chi connectivity index (χ4n) is 10.9. The minimum atomic E-state index is -0.634. The zero-order chi connectivity index (χ0) is 41.9. The largest absolute Gasteiger partial charge is 0.488 e. The Bertz CT molecular complexity index is 2540. The molecule has 1 saturated carbocycles. The van der Waals surface area contributed by atoms with Crippen molar-refractivity contribution in [1.29, 1.82) is 0 Å². The average molecular weight is 829 g/mol. The second-order valence-electron chi connectivity index (χ2n) is 17.5. The van der Waals surface area contributed by atoms with E-state index in [9.17, 15) is 19.2 Å². The fourth-order valence-corrected chi connectivity index (χ4v) is 10.9. The Morgan fingerprint density at radius 2 is 1.72 bits per heavy atom. The first-order chi connectivity index (χ1) is 29.7. The maximum Gasteiger partial charge on any atom is 0.407 e. The predicted molar refractivity (Wildman–Crippen MR) is 226 cm³/mol. The summed E-state index contributed by atoms with van der Waals surface area (Å²) in [6, 6.07) is 13.2. The first-order valence-electron chi connectivity index (χ1n) is 21.8. The summed E-state index contributed by atoms with van der Waals surface area (Å²) in [5, 5.41) is 7.63. The van der Waals surface area contributed by atoms with Gasteiger partial charge < -0.3 is 44.6 Å². The number of aromatic nitrogens is 4. The molecular weight excluding hydrogens is 777 g/mol. The molecule has 6 atom stereocenters. The predicted octanol–water partition coefficient (Wildman–Crippen LogP) is 7.43. The molecule has 61 heavy (non-hydrogen) atoms. The number of rotatable bonds is 7. The van der Waals surface area contributed by atoms with Crippen LogP contribution >= 0.6 is 0 Å². The van der Waals surface area contributed by atoms with Crippen molar-refractivity contribution in [2.45, 2.75) is 108 Å². The molecule has 1 aliphatic carbocycles. The molecule has 10 rings (SSSR count). The second kappa shape index (κ2) is 15.7. The number of nitrogens with zero attached hydrogens (tertiary/aromatic N) is 4. The smallest absolute Gasteiger partial charge is 0.407 e. The number of aromatic amines is 2. The lowest BCUT2D eigenvalue weighted by Gasteiger charge is -2.41. The molecule has 4 amide bonds. The lowest BCUT2D eigenvalue weighted by atomic mass is 9.83. The van der Waals surface area contributed by atoms with Crippen molar-refractivity contribution < 1.29 is 33.4 Å². The van der Waals surface area contributed by atoms with E-state index in [1.165, 1.54) is 14.2 Å². The SMILES string of the molecule is COC(=O)N[C@@H]1C(=O)N2[C@H](CC[C@H]2c2ncc(-c3ccc4c(c3)COc3cc5c(ccc6[nH]c([C@@H]7CCCN7C(=O)[C@@H](NC(=O)OC)C7CCCCC7)nc65)cc3-4)[nH]2)CC1C. The molecule has 4 N–H and O–H groups in total. The Morgan fingerprint density at radius 1 is 0.885 bits per heavy atom. The summed E-state index contributed by atoms with van der Waals surface area (Å²) in [6.45, 7) is 3.00. The number of likely N-dealkylation sites (tertiary alicyclic amines) is 1. The van der Waals surface area contributed by atoms with E-state index in [1.54, 1.807) is 0 Å². The molecule has 318 valence electrons. The fraction of sp³-hybridized carbons (Fsp3) is 0.478. The topological polar surface area (TPSA) is 184 Å². The van der Waals surface area contributed by atoms with Gasteiger partial charge >= 0.3 is 12.2 Å². The third kappa shape index (κ3) is 6.91. The molecule has 0 radical (unpaired) electrons. The first-order valence-corrected chi connectivity index (χ1v) is 21.8. The van der Waals surface area contributed by atoms with Crippen LogP contribution in [0.25, 0.3) is 44.2 Å². The van der Waals surface area contributed by atoms with E-state index in [0.29, 0.717) is 13.2 Å². The summed E-state index contributed by atoms with van der Waals surface area (Å²) in [4.78, 5) is 73.1. The van der Waals surface area contributed by atoms with Crippen molar-refractivity contribution in [2.24, 2.45) is 11.8 Å². The Labute approximate surface area is 353 Å². The number of fused-ring (bicyclic) bond motifs is 7. The number of piperidine rings is 1. The van der Waals surface area contributed by atoms with Gasteiger partial charge in [-0.25, -0.2) is 19.6 Å². The molecular formula is C46H52N8O7. The summed E-state index contributed by atoms with van der Waals surface area (Å²) in [6.07, 6.45) is 9.84. The lowest BCUT2D eigenvalue weighted by Crippen LogP contribution is -2.58. The van der Waals surface area contributed by atoms with E-state index >= 15 is 0 Å². The summed E-state index contributed by atoms with van der Waals surface area (Å²) in [5.74, 6) is 2.20. The van der Waals surface area contributed by atoms with Crippen LogP contribution in [-0.2, 0) is 25.7 Å². The number of imidazole rings is 2. The standard InChI is InChI=1S/C46H52N8O7/c1-24-18-29-13-16-36(54(29)44(56)38(24)51-45(57)59-2)41-47-22-34(49-41)27-11-14-30-28(19-27)23-61-37-21-31-26(20-32(30)37)12-15-33-40(31)50-42(48-33)35-10-7-17-53(35)43(55)39(52-46(58)60-3)25-8-5-4-6-9-25/h11-12,14-15,19-22,24-25,29,35-36,38-39H,4-10,13,16-18,23H2,1-3H3,(H,47,49)(H,48,50)(H,51,57)(H,52,58)/t24?,29-,35+,36+,38+,39+/m1/s1. The maximum absolute atomic E-state index is 14.2. The zero-order valence-corrected chi connectivity index (χ0v) is 34.8. The van der Waals surface area contributed by atoms with Crippen molar-refractivity contribution in [3.63, 3.8) is 0 Å². The molecule has 0 bridgehead atoms. The van der Waals surface area contributed by atoms with Gasteiger partial charge in [-0.05, 0) is 103 Å². The number of nitrogens with one attached hydrogen (secondary N) is 4. The highest BCUT2D eigenvalue weighted by Gasteiger charge is 2.48. The molecule has 3 aromatic carbocycles. The van der Waals surface area contributed by atoms with Gasteiger partial charge in [0.25, 0.3) is 0 Å². The number of ether oxygens (including phenoxy) is 3. The minimum absolute atomic E-state index is 0.00851. The average Bonchev–Trinajstić information content (AvgIpc) is 4.12. The Kier molecular flexibility index (Phi) is 10.1. The summed E-state index contributed by atoms with van der Waals surface area (Å²) in [7, 11) is 2.64. The number of hydrogen-bond acceptors (Lipinski definition) is 9. The van der Waals surface area contributed by atoms with Gasteiger partial charge in [-0.1, -0.05) is 44.4 Å². The number of carbonyl (C=O) groups is 4. The van der Waals surface area contributed by atoms with Crippen molar-refractivity contribution in [1.82, 2.24) is 40.4 Å². The number of methoxy groups -OCH3 is 2. The number of amides is 4. The summed E-state index contributed by atoms with van der Waals surface area (Å²) < 4.78 is 16.2. The maximum atomic E-state index is 14.2. The molecule has 4 fully saturated rings. The minimum Gasteiger partial charge on any atom is -0.488 e. The van der Waals surface area contributed by atoms with Crippen molar-refractivity contribution >= 4 is 45.8 Å². The van der Waals surface area contributed by atoms with Gasteiger partial charge in [0, 0.05) is 23.5 Å². The molecule has 15 nitrogen and oxygen atoms in total. The highest BCUT2D eigenvalue weighted by atomic mass is 16.5. The van der Waals surface area contributed by atoms with E-state index in [1.807, 2.05) is 22.9 Å². The third-order valence-electron chi connectivity index (χ3n) is 14.0. The summed E-state index contributed by atoms with van der Waals surface area (Å²) in [5.41, 5.74) is 6.71. The number of carbonyl (C=O) groups excluding carboxylic acids is 4. The van der Waals surface area contributed by atoms with Crippen LogP contribution in [0.3, 0.4) is 0 Å². The normalized spacial score (nSPS) is 24.2. The molecule has 4 aliphatic heterocycles. The molecule has 1 unspecified atom stereocenters. The van der Waals surface area contributed by atoms with E-state index < -0.39 is 24.3 Å². The Morgan fingerprint density at radius 3 is 2.54 bits per heavy atom. The van der Waals surface area contributed by atoms with Gasteiger partial charge in [0.2, 0.25) is 11.8 Å². The van der Waals surface area contributed by atoms with Crippen LogP contribution in [0.15, 0.2) is 48.7 Å². The lowest BCUT2D eigenvalue weighted by molar-refractivity contribution is -0.142. The van der Waals surface area contributed by atoms with Gasteiger partial charge in [-0.3, -0.25) is 9.59 Å². The van der Waals surface area contributed by atoms with Crippen LogP contribution in [0.5, 0.6) is 5.75 Å². The monoisotopic (exact) mass is 828 g/mol. The molecule has 5 aliphatic rings. The molecule has 6 heterocycles. The molecule has 15 heteroatoms. The van der Waals surface area contributed by atoms with Crippen LogP contribution in [0.2, 0.25) is 0 Å². The molecule has 3 saturated heterocycles. The number of hydrogen-bond donors (Lipinski definition) is 4. The highest BCUT2D eigenvalue weighted by molar-refractivity contribution is 6.07. The van der Waals surface area contributed by atoms with Gasteiger partial charge in [0.05, 0.1) is 49.2 Å². The van der Waals surface area contributed by atoms with Gasteiger partial charge in [-0.2, -0.15) is 0 Å². The van der Waals surface area contributed by atoms with Crippen molar-refractivity contribution in [2.75, 3.05) is 20.8 Å². The van der Waals surface area contributed by atoms with Crippen LogP contribution in [0.1, 0.15) is 100 Å². The third-order valence-corrected chi connectivity index (χ3v) is 14.0. The number of benzene rings is 3. The van der Waals surface area contributed by atoms with Crippen LogP contribution in [0, 0.1) is 11.8 Å². The van der Waals surface area contributed by atoms with Crippen molar-refractivity contribution in [3.8, 4) is 28.1 Å². The van der Waals surface area contributed by atoms with Crippen LogP contribution in [-0.4, -0.2) is 92.6 Å². The molecule has 2 aromatic heterocycles. The Hall–Kier alpha value is -6.12. The quantitative estimate of drug-likeness (QED) is 0.130. The van der Waals surface area contributed by atoms with Crippen molar-refractivity contribution in [3.05, 3.63) is 65.9 Å². The van der Waals surface area contributed by atoms with E-state index in [2.05, 4.69) is 63.1 Å². The number of H-pyrrole nitrogens is 2. The highest BCUT2D eigenvalue weighted by Crippen LogP contribution is 2.45. The molecule has 0 spiro atoms. The summed E-state index contributed by atoms with van der Waals surface area (Å²) >= 11 is 0. The Balaban J connectivity index is 0.891. The van der Waals surface area contributed by atoms with Gasteiger partial charge in [0.1, 0.15) is 36.1 Å². The molecule has 5 aromatic rings. The first kappa shape index (κ1) is 39.0. The second-order valence-corrected chi connectivity index (χ2v) is 17.5. The van der Waals surface area contributed by atoms with E-state index in [0.717, 1.165) is 131 Å².